The van der Waals surface area contributed by atoms with Gasteiger partial charge in [-0.3, -0.25) is 15.2 Å². The summed E-state index contributed by atoms with van der Waals surface area (Å²) in [6, 6.07) is 5.89. The molecule has 31 heavy (non-hydrogen) atoms. The summed E-state index contributed by atoms with van der Waals surface area (Å²) in [5, 5.41) is 20.8. The summed E-state index contributed by atoms with van der Waals surface area (Å²) in [7, 11) is 1.58. The van der Waals surface area contributed by atoms with E-state index in [1.54, 1.807) is 45.2 Å². The Morgan fingerprint density at radius 3 is 2.71 bits per heavy atom. The third kappa shape index (κ3) is 4.72. The summed E-state index contributed by atoms with van der Waals surface area (Å²) < 4.78 is 6.17. The Balaban J connectivity index is 1.98. The normalized spacial score (nSPS) is 11.6. The fourth-order valence-electron chi connectivity index (χ4n) is 2.97. The van der Waals surface area contributed by atoms with Gasteiger partial charge in [0.1, 0.15) is 5.15 Å². The van der Waals surface area contributed by atoms with Gasteiger partial charge in [-0.15, -0.1) is 5.10 Å². The lowest BCUT2D eigenvalue weighted by atomic mass is 10.1. The van der Waals surface area contributed by atoms with Crippen LogP contribution in [-0.2, 0) is 11.8 Å². The van der Waals surface area contributed by atoms with Crippen molar-refractivity contribution in [2.24, 2.45) is 7.05 Å². The fourth-order valence-corrected chi connectivity index (χ4v) is 3.25. The number of halogens is 1. The molecule has 3 heterocycles. The molecule has 0 bridgehead atoms. The van der Waals surface area contributed by atoms with E-state index in [4.69, 9.17) is 16.3 Å². The van der Waals surface area contributed by atoms with Gasteiger partial charge < -0.3 is 9.84 Å². The topological polar surface area (TPSA) is 135 Å². The molecule has 1 atom stereocenters. The molecule has 0 saturated carbocycles. The molecule has 0 saturated heterocycles. The van der Waals surface area contributed by atoms with Gasteiger partial charge in [0.15, 0.2) is 11.5 Å². The Hall–Kier alpha value is -3.73. The SMILES string of the molecule is CCOC(=O)Nc1ccc(-c2nnn(C)c2N(C(=O)O)[C@H](C)c2cccnc2Cl)nc1. The molecule has 162 valence electrons. The first-order chi connectivity index (χ1) is 14.8. The number of aryl methyl sites for hydroxylation is 1. The number of amides is 2. The maximum Gasteiger partial charge on any atom is 0.413 e. The van der Waals surface area contributed by atoms with Crippen LogP contribution in [0.5, 0.6) is 0 Å². The number of carbonyl (C=O) groups excluding carboxylic acids is 1. The van der Waals surface area contributed by atoms with Crippen LogP contribution in [-0.4, -0.2) is 48.9 Å². The van der Waals surface area contributed by atoms with E-state index in [2.05, 4.69) is 25.6 Å². The number of anilines is 2. The summed E-state index contributed by atoms with van der Waals surface area (Å²) in [5.74, 6) is 0.207. The Morgan fingerprint density at radius 2 is 2.10 bits per heavy atom. The van der Waals surface area contributed by atoms with E-state index in [-0.39, 0.29) is 23.3 Å². The van der Waals surface area contributed by atoms with E-state index in [1.807, 2.05) is 0 Å². The largest absolute Gasteiger partial charge is 0.465 e. The average molecular weight is 446 g/mol. The number of nitrogens with zero attached hydrogens (tertiary/aromatic N) is 6. The third-order valence-electron chi connectivity index (χ3n) is 4.38. The van der Waals surface area contributed by atoms with E-state index in [1.165, 1.54) is 17.1 Å². The van der Waals surface area contributed by atoms with E-state index >= 15 is 0 Å². The highest BCUT2D eigenvalue weighted by molar-refractivity contribution is 6.30. The molecule has 12 heteroatoms. The molecule has 0 aliphatic carbocycles. The minimum Gasteiger partial charge on any atom is -0.465 e. The quantitative estimate of drug-likeness (QED) is 0.547. The van der Waals surface area contributed by atoms with Crippen LogP contribution in [0.1, 0.15) is 25.5 Å². The molecule has 2 N–H and O–H groups in total. The summed E-state index contributed by atoms with van der Waals surface area (Å²) in [6.07, 6.45) is 1.12. The molecule has 3 rings (SSSR count). The molecule has 0 aliphatic heterocycles. The minimum atomic E-state index is -1.22. The molecule has 0 fully saturated rings. The average Bonchev–Trinajstić information content (AvgIpc) is 3.10. The molecule has 11 nitrogen and oxygen atoms in total. The van der Waals surface area contributed by atoms with Crippen molar-refractivity contribution in [2.45, 2.75) is 19.9 Å². The van der Waals surface area contributed by atoms with Crippen LogP contribution in [0.4, 0.5) is 21.1 Å². The van der Waals surface area contributed by atoms with Gasteiger partial charge in [-0.25, -0.2) is 19.3 Å². The zero-order valence-electron chi connectivity index (χ0n) is 17.0. The highest BCUT2D eigenvalue weighted by Crippen LogP contribution is 2.35. The Kier molecular flexibility index (Phi) is 6.65. The molecule has 3 aromatic rings. The first-order valence-electron chi connectivity index (χ1n) is 9.25. The first kappa shape index (κ1) is 22.0. The van der Waals surface area contributed by atoms with Crippen LogP contribution in [0.25, 0.3) is 11.4 Å². The maximum absolute atomic E-state index is 12.2. The highest BCUT2D eigenvalue weighted by Gasteiger charge is 2.31. The van der Waals surface area contributed by atoms with Crippen LogP contribution >= 0.6 is 11.6 Å². The lowest BCUT2D eigenvalue weighted by Gasteiger charge is -2.27. The van der Waals surface area contributed by atoms with Crippen molar-refractivity contribution in [3.8, 4) is 11.4 Å². The van der Waals surface area contributed by atoms with E-state index < -0.39 is 18.2 Å². The van der Waals surface area contributed by atoms with Crippen molar-refractivity contribution in [2.75, 3.05) is 16.8 Å². The van der Waals surface area contributed by atoms with Crippen LogP contribution in [0.3, 0.4) is 0 Å². The molecular weight excluding hydrogens is 426 g/mol. The van der Waals surface area contributed by atoms with Crippen molar-refractivity contribution >= 4 is 35.3 Å². The fraction of sp³-hybridized carbons (Fsp3) is 0.263. The number of carboxylic acid groups (broad SMARTS) is 1. The number of ether oxygens (including phenoxy) is 1. The predicted octanol–water partition coefficient (Wildman–Crippen LogP) is 3.74. The number of pyridine rings is 2. The number of hydrogen-bond acceptors (Lipinski definition) is 7. The van der Waals surface area contributed by atoms with Gasteiger partial charge in [0, 0.05) is 18.8 Å². The zero-order valence-corrected chi connectivity index (χ0v) is 17.7. The molecule has 0 aliphatic rings. The second kappa shape index (κ2) is 9.39. The minimum absolute atomic E-state index is 0.199. The van der Waals surface area contributed by atoms with Crippen molar-refractivity contribution in [1.29, 1.82) is 0 Å². The predicted molar refractivity (Wildman–Crippen MR) is 113 cm³/mol. The van der Waals surface area contributed by atoms with Crippen LogP contribution in [0.2, 0.25) is 5.15 Å². The lowest BCUT2D eigenvalue weighted by Crippen LogP contribution is -2.34. The number of rotatable bonds is 6. The van der Waals surface area contributed by atoms with Gasteiger partial charge in [0.2, 0.25) is 0 Å². The molecule has 2 amide bonds. The zero-order chi connectivity index (χ0) is 22.5. The van der Waals surface area contributed by atoms with Gasteiger partial charge in [-0.1, -0.05) is 22.9 Å². The molecule has 3 aromatic heterocycles. The summed E-state index contributed by atoms with van der Waals surface area (Å²) in [6.45, 7) is 3.63. The van der Waals surface area contributed by atoms with Gasteiger partial charge in [-0.05, 0) is 32.0 Å². The third-order valence-corrected chi connectivity index (χ3v) is 4.70. The molecule has 0 aromatic carbocycles. The maximum atomic E-state index is 12.2. The van der Waals surface area contributed by atoms with Crippen molar-refractivity contribution in [1.82, 2.24) is 25.0 Å². The highest BCUT2D eigenvalue weighted by atomic mass is 35.5. The van der Waals surface area contributed by atoms with Crippen molar-refractivity contribution in [3.05, 3.63) is 47.4 Å². The summed E-state index contributed by atoms with van der Waals surface area (Å²) in [5.41, 5.74) is 1.56. The van der Waals surface area contributed by atoms with Gasteiger partial charge >= 0.3 is 12.2 Å². The van der Waals surface area contributed by atoms with Crippen molar-refractivity contribution < 1.29 is 19.4 Å². The van der Waals surface area contributed by atoms with Crippen LogP contribution in [0.15, 0.2) is 36.7 Å². The van der Waals surface area contributed by atoms with Gasteiger partial charge in [0.25, 0.3) is 0 Å². The van der Waals surface area contributed by atoms with Gasteiger partial charge in [-0.2, -0.15) is 0 Å². The standard InChI is InChI=1S/C19H20ClN7O4/c1-4-31-18(28)23-12-7-8-14(22-10-12)15-17(26(3)25-24-15)27(19(29)30)11(2)13-6-5-9-21-16(13)20/h5-11H,4H2,1-3H3,(H,23,28)(H,29,30)/t11-/m1/s1. The second-order valence-electron chi connectivity index (χ2n) is 6.37. The number of nitrogens with one attached hydrogen (secondary N) is 1. The van der Waals surface area contributed by atoms with E-state index in [9.17, 15) is 14.7 Å². The van der Waals surface area contributed by atoms with Crippen molar-refractivity contribution in [3.63, 3.8) is 0 Å². The molecule has 0 spiro atoms. The van der Waals surface area contributed by atoms with Crippen LogP contribution in [0, 0.1) is 0 Å². The summed E-state index contributed by atoms with van der Waals surface area (Å²) in [4.78, 5) is 33.2. The smallest absolute Gasteiger partial charge is 0.413 e. The monoisotopic (exact) mass is 445 g/mol. The van der Waals surface area contributed by atoms with E-state index in [0.717, 1.165) is 4.90 Å². The second-order valence-corrected chi connectivity index (χ2v) is 6.73. The number of aromatic nitrogens is 5. The lowest BCUT2D eigenvalue weighted by molar-refractivity contribution is 0.168. The van der Waals surface area contributed by atoms with Crippen LogP contribution < -0.4 is 10.2 Å². The Morgan fingerprint density at radius 1 is 1.32 bits per heavy atom. The van der Waals surface area contributed by atoms with E-state index in [0.29, 0.717) is 16.9 Å². The Labute approximate surface area is 182 Å². The number of hydrogen-bond donors (Lipinski definition) is 2. The van der Waals surface area contributed by atoms with Gasteiger partial charge in [0.05, 0.1) is 30.2 Å². The first-order valence-corrected chi connectivity index (χ1v) is 9.63. The molecule has 0 radical (unpaired) electrons. The molecule has 0 unspecified atom stereocenters. The Bertz CT molecular complexity index is 1090. The summed E-state index contributed by atoms with van der Waals surface area (Å²) >= 11 is 6.18. The number of carbonyl (C=O) groups is 2. The molecular formula is C19H20ClN7O4.